The number of nitrogens with two attached hydrogens (primary N) is 1. The molecule has 1 aromatic carbocycles. The van der Waals surface area contributed by atoms with Gasteiger partial charge in [-0.25, -0.2) is 9.37 Å². The number of hydrogen-bond donors (Lipinski definition) is 2. The van der Waals surface area contributed by atoms with Crippen LogP contribution in [-0.4, -0.2) is 11.2 Å². The second-order valence-corrected chi connectivity index (χ2v) is 5.03. The molecule has 4 nitrogen and oxygen atoms in total. The van der Waals surface area contributed by atoms with Crippen molar-refractivity contribution in [2.24, 2.45) is 5.10 Å². The molecule has 0 amide bonds. The van der Waals surface area contributed by atoms with E-state index in [0.717, 1.165) is 17.4 Å². The number of hydrogen-bond acceptors (Lipinski definition) is 5. The summed E-state index contributed by atoms with van der Waals surface area (Å²) in [4.78, 5) is 3.78. The Hall–Kier alpha value is -1.87. The summed E-state index contributed by atoms with van der Waals surface area (Å²) in [7, 11) is 0. The molecule has 0 atom stereocenters. The normalized spacial score (nSPS) is 12.0. The summed E-state index contributed by atoms with van der Waals surface area (Å²) in [6.07, 6.45) is -4.03. The van der Waals surface area contributed by atoms with Gasteiger partial charge in [0.2, 0.25) is 5.13 Å². The van der Waals surface area contributed by atoms with Crippen LogP contribution in [-0.2, 0) is 6.18 Å². The van der Waals surface area contributed by atoms with E-state index < -0.39 is 28.1 Å². The minimum absolute atomic E-state index is 0.239. The first-order chi connectivity index (χ1) is 9.79. The fraction of sp³-hybridized carbons (Fsp3) is 0.0909. The number of nitrogen functional groups attached to an aromatic ring is 1. The van der Waals surface area contributed by atoms with Gasteiger partial charge in [0.05, 0.1) is 16.8 Å². The Labute approximate surface area is 125 Å². The smallest absolute Gasteiger partial charge is 0.383 e. The van der Waals surface area contributed by atoms with Crippen LogP contribution < -0.4 is 11.2 Å². The molecule has 21 heavy (non-hydrogen) atoms. The van der Waals surface area contributed by atoms with Crippen LogP contribution >= 0.6 is 22.9 Å². The predicted molar refractivity (Wildman–Crippen MR) is 74.2 cm³/mol. The van der Waals surface area contributed by atoms with Gasteiger partial charge in [-0.15, -0.1) is 11.3 Å². The quantitative estimate of drug-likeness (QED) is 0.505. The maximum absolute atomic E-state index is 13.7. The van der Waals surface area contributed by atoms with Crippen LogP contribution in [0.15, 0.2) is 22.6 Å². The number of nitrogens with zero attached hydrogens (tertiary/aromatic N) is 2. The molecule has 0 unspecified atom stereocenters. The lowest BCUT2D eigenvalue weighted by molar-refractivity contribution is -0.137. The molecule has 0 aliphatic rings. The third kappa shape index (κ3) is 3.61. The molecule has 2 rings (SSSR count). The van der Waals surface area contributed by atoms with Crippen LogP contribution in [0.1, 0.15) is 11.1 Å². The van der Waals surface area contributed by atoms with Crippen LogP contribution in [0.2, 0.25) is 5.02 Å². The van der Waals surface area contributed by atoms with Gasteiger partial charge < -0.3 is 5.73 Å². The van der Waals surface area contributed by atoms with Gasteiger partial charge in [0.15, 0.2) is 5.82 Å². The van der Waals surface area contributed by atoms with Gasteiger partial charge in [0.1, 0.15) is 5.82 Å². The number of nitrogens with one attached hydrogen (secondary N) is 1. The highest BCUT2D eigenvalue weighted by atomic mass is 35.5. The molecule has 0 aliphatic carbocycles. The van der Waals surface area contributed by atoms with Crippen molar-refractivity contribution in [3.63, 3.8) is 0 Å². The zero-order valence-corrected chi connectivity index (χ0v) is 11.7. The van der Waals surface area contributed by atoms with Crippen LogP contribution in [0.5, 0.6) is 0 Å². The lowest BCUT2D eigenvalue weighted by Gasteiger charge is -2.11. The van der Waals surface area contributed by atoms with E-state index in [4.69, 9.17) is 17.3 Å². The van der Waals surface area contributed by atoms with Gasteiger partial charge in [0, 0.05) is 10.9 Å². The molecular weight excluding hydrogens is 332 g/mol. The van der Waals surface area contributed by atoms with Gasteiger partial charge in [-0.3, -0.25) is 5.43 Å². The Kier molecular flexibility index (Phi) is 4.33. The second kappa shape index (κ2) is 5.86. The number of alkyl halides is 3. The van der Waals surface area contributed by atoms with Crippen molar-refractivity contribution in [1.29, 1.82) is 0 Å². The summed E-state index contributed by atoms with van der Waals surface area (Å²) in [5.74, 6) is -0.960. The monoisotopic (exact) mass is 338 g/mol. The SMILES string of the molecule is Nc1csc(NN=Cc2c(C(F)(F)F)ccc(Cl)c2F)n1. The fourth-order valence-electron chi connectivity index (χ4n) is 1.43. The summed E-state index contributed by atoms with van der Waals surface area (Å²) < 4.78 is 52.1. The number of aromatic nitrogens is 1. The molecule has 0 radical (unpaired) electrons. The number of benzene rings is 1. The molecule has 0 fully saturated rings. The molecule has 0 saturated carbocycles. The highest BCUT2D eigenvalue weighted by molar-refractivity contribution is 7.14. The molecule has 112 valence electrons. The summed E-state index contributed by atoms with van der Waals surface area (Å²) in [5.41, 5.74) is 5.80. The Morgan fingerprint density at radius 3 is 2.67 bits per heavy atom. The van der Waals surface area contributed by atoms with E-state index in [9.17, 15) is 17.6 Å². The average Bonchev–Trinajstić information content (AvgIpc) is 2.79. The predicted octanol–water partition coefficient (Wildman–Crippen LogP) is 3.98. The van der Waals surface area contributed by atoms with Crippen LogP contribution in [0.3, 0.4) is 0 Å². The number of thiazole rings is 1. The zero-order chi connectivity index (χ0) is 15.6. The molecular formula is C11H7ClF4N4S. The van der Waals surface area contributed by atoms with Crippen LogP contribution in [0, 0.1) is 5.82 Å². The third-order valence-corrected chi connectivity index (χ3v) is 3.37. The summed E-state index contributed by atoms with van der Waals surface area (Å²) in [5, 5.41) is 4.87. The first-order valence-corrected chi connectivity index (χ1v) is 6.60. The maximum atomic E-state index is 13.7. The minimum Gasteiger partial charge on any atom is -0.383 e. The summed E-state index contributed by atoms with van der Waals surface area (Å²) in [6.45, 7) is 0. The second-order valence-electron chi connectivity index (χ2n) is 3.77. The van der Waals surface area contributed by atoms with Gasteiger partial charge in [-0.2, -0.15) is 18.3 Å². The number of halogens is 5. The van der Waals surface area contributed by atoms with Crippen LogP contribution in [0.4, 0.5) is 28.5 Å². The van der Waals surface area contributed by atoms with E-state index in [1.54, 1.807) is 0 Å². The molecule has 0 spiro atoms. The topological polar surface area (TPSA) is 63.3 Å². The summed E-state index contributed by atoms with van der Waals surface area (Å²) >= 11 is 6.58. The van der Waals surface area contributed by atoms with Crippen molar-refractivity contribution in [2.45, 2.75) is 6.18 Å². The number of rotatable bonds is 3. The minimum atomic E-state index is -4.72. The standard InChI is InChI=1S/C11H7ClF4N4S/c12-7-2-1-6(11(14,15)16)5(9(7)13)3-18-20-10-19-8(17)4-21-10/h1-4H,17H2,(H,19,20). The first-order valence-electron chi connectivity index (χ1n) is 5.34. The van der Waals surface area contributed by atoms with E-state index in [-0.39, 0.29) is 10.9 Å². The lowest BCUT2D eigenvalue weighted by atomic mass is 10.1. The van der Waals surface area contributed by atoms with E-state index in [2.05, 4.69) is 15.5 Å². The van der Waals surface area contributed by atoms with Crippen molar-refractivity contribution >= 4 is 40.1 Å². The van der Waals surface area contributed by atoms with Crippen LogP contribution in [0.25, 0.3) is 0 Å². The van der Waals surface area contributed by atoms with E-state index in [1.165, 1.54) is 5.38 Å². The van der Waals surface area contributed by atoms with E-state index >= 15 is 0 Å². The molecule has 10 heteroatoms. The van der Waals surface area contributed by atoms with Crippen molar-refractivity contribution in [3.8, 4) is 0 Å². The first kappa shape index (κ1) is 15.5. The van der Waals surface area contributed by atoms with Crippen molar-refractivity contribution in [3.05, 3.63) is 39.5 Å². The average molecular weight is 339 g/mol. The number of anilines is 2. The van der Waals surface area contributed by atoms with E-state index in [0.29, 0.717) is 12.3 Å². The zero-order valence-electron chi connectivity index (χ0n) is 10.1. The molecule has 3 N–H and O–H groups in total. The van der Waals surface area contributed by atoms with Crippen molar-refractivity contribution < 1.29 is 17.6 Å². The Morgan fingerprint density at radius 1 is 1.38 bits per heavy atom. The Morgan fingerprint density at radius 2 is 2.10 bits per heavy atom. The summed E-state index contributed by atoms with van der Waals surface area (Å²) in [6, 6.07) is 1.53. The van der Waals surface area contributed by atoms with Gasteiger partial charge in [0.25, 0.3) is 0 Å². The van der Waals surface area contributed by atoms with Crippen molar-refractivity contribution in [1.82, 2.24) is 4.98 Å². The number of hydrazone groups is 1. The Balaban J connectivity index is 2.31. The van der Waals surface area contributed by atoms with Gasteiger partial charge >= 0.3 is 6.18 Å². The van der Waals surface area contributed by atoms with Crippen molar-refractivity contribution in [2.75, 3.05) is 11.2 Å². The maximum Gasteiger partial charge on any atom is 0.417 e. The molecule has 1 aromatic heterocycles. The molecule has 1 heterocycles. The van der Waals surface area contributed by atoms with Gasteiger partial charge in [-0.1, -0.05) is 11.6 Å². The third-order valence-electron chi connectivity index (χ3n) is 2.31. The Bertz CT molecular complexity index is 683. The highest BCUT2D eigenvalue weighted by Gasteiger charge is 2.34. The highest BCUT2D eigenvalue weighted by Crippen LogP contribution is 2.34. The molecule has 0 bridgehead atoms. The lowest BCUT2D eigenvalue weighted by Crippen LogP contribution is -2.11. The molecule has 0 aliphatic heterocycles. The van der Waals surface area contributed by atoms with Gasteiger partial charge in [-0.05, 0) is 12.1 Å². The largest absolute Gasteiger partial charge is 0.417 e. The van der Waals surface area contributed by atoms with E-state index in [1.807, 2.05) is 0 Å². The molecule has 0 saturated heterocycles. The molecule has 2 aromatic rings. The fourth-order valence-corrected chi connectivity index (χ4v) is 2.14.